The van der Waals surface area contributed by atoms with Crippen molar-refractivity contribution in [3.05, 3.63) is 0 Å². The standard InChI is InChI=1S/C12H24N4O6/c17-6-3-15-10(18)7-13-1-4-16(9-12(21)22)5-2-14-8-11(19)20/h13-14,17H,1-9H2,(H,15,18)(H,19,20)(H,21,22). The second-order valence-electron chi connectivity index (χ2n) is 4.49. The first-order chi connectivity index (χ1) is 10.5. The van der Waals surface area contributed by atoms with Crippen LogP contribution in [0.3, 0.4) is 0 Å². The lowest BCUT2D eigenvalue weighted by molar-refractivity contribution is -0.139. The van der Waals surface area contributed by atoms with Gasteiger partial charge in [0.25, 0.3) is 0 Å². The van der Waals surface area contributed by atoms with E-state index >= 15 is 0 Å². The van der Waals surface area contributed by atoms with Gasteiger partial charge >= 0.3 is 11.9 Å². The number of carbonyl (C=O) groups is 3. The fourth-order valence-electron chi connectivity index (χ4n) is 1.59. The molecule has 0 aromatic heterocycles. The highest BCUT2D eigenvalue weighted by Gasteiger charge is 2.09. The number of carboxylic acids is 2. The third kappa shape index (κ3) is 13.2. The smallest absolute Gasteiger partial charge is 0.317 e. The molecule has 10 heteroatoms. The molecule has 1 amide bonds. The lowest BCUT2D eigenvalue weighted by atomic mass is 10.4. The number of aliphatic hydroxyl groups excluding tert-OH is 1. The topological polar surface area (TPSA) is 151 Å². The first-order valence-electron chi connectivity index (χ1n) is 6.90. The number of carboxylic acid groups (broad SMARTS) is 2. The first-order valence-corrected chi connectivity index (χ1v) is 6.90. The summed E-state index contributed by atoms with van der Waals surface area (Å²) in [6, 6.07) is 0. The van der Waals surface area contributed by atoms with Crippen molar-refractivity contribution in [3.63, 3.8) is 0 Å². The number of aliphatic hydroxyl groups is 1. The lowest BCUT2D eigenvalue weighted by Crippen LogP contribution is -2.42. The predicted octanol–water partition coefficient (Wildman–Crippen LogP) is -3.25. The van der Waals surface area contributed by atoms with Gasteiger partial charge in [0.05, 0.1) is 26.2 Å². The molecule has 128 valence electrons. The second-order valence-corrected chi connectivity index (χ2v) is 4.49. The van der Waals surface area contributed by atoms with Crippen LogP contribution in [0.1, 0.15) is 0 Å². The molecule has 0 saturated carbocycles. The van der Waals surface area contributed by atoms with Crippen LogP contribution in [0.5, 0.6) is 0 Å². The minimum atomic E-state index is -0.973. The largest absolute Gasteiger partial charge is 0.480 e. The van der Waals surface area contributed by atoms with Crippen LogP contribution in [0.25, 0.3) is 0 Å². The fraction of sp³-hybridized carbons (Fsp3) is 0.750. The third-order valence-corrected chi connectivity index (χ3v) is 2.56. The van der Waals surface area contributed by atoms with Gasteiger partial charge in [-0.1, -0.05) is 0 Å². The number of carbonyl (C=O) groups excluding carboxylic acids is 1. The average Bonchev–Trinajstić information content (AvgIpc) is 2.44. The molecule has 0 aliphatic heterocycles. The first kappa shape index (κ1) is 20.2. The molecule has 0 atom stereocenters. The molecule has 6 N–H and O–H groups in total. The Morgan fingerprint density at radius 2 is 1.45 bits per heavy atom. The summed E-state index contributed by atoms with van der Waals surface area (Å²) >= 11 is 0. The SMILES string of the molecule is O=C(O)CNCCN(CCNCC(=O)NCCO)CC(=O)O. The molecular weight excluding hydrogens is 296 g/mol. The van der Waals surface area contributed by atoms with Gasteiger partial charge in [0.2, 0.25) is 5.91 Å². The summed E-state index contributed by atoms with van der Waals surface area (Å²) in [5.74, 6) is -2.19. The Kier molecular flexibility index (Phi) is 11.9. The molecule has 10 nitrogen and oxygen atoms in total. The van der Waals surface area contributed by atoms with Gasteiger partial charge in [0.1, 0.15) is 0 Å². The summed E-state index contributed by atoms with van der Waals surface area (Å²) in [5, 5.41) is 33.8. The summed E-state index contributed by atoms with van der Waals surface area (Å²) in [6.45, 7) is 1.39. The van der Waals surface area contributed by atoms with Crippen molar-refractivity contribution in [2.24, 2.45) is 0 Å². The van der Waals surface area contributed by atoms with Crippen molar-refractivity contribution in [2.75, 3.05) is 59.0 Å². The molecule has 0 fully saturated rings. The zero-order valence-electron chi connectivity index (χ0n) is 12.4. The Hall–Kier alpha value is -1.75. The van der Waals surface area contributed by atoms with Crippen molar-refractivity contribution < 1.29 is 29.7 Å². The summed E-state index contributed by atoms with van der Waals surface area (Å²) < 4.78 is 0. The normalized spacial score (nSPS) is 10.6. The number of rotatable bonds is 14. The van der Waals surface area contributed by atoms with Crippen LogP contribution >= 0.6 is 0 Å². The number of aliphatic carboxylic acids is 2. The van der Waals surface area contributed by atoms with Gasteiger partial charge in [-0.2, -0.15) is 0 Å². The van der Waals surface area contributed by atoms with Gasteiger partial charge in [-0.3, -0.25) is 19.3 Å². The van der Waals surface area contributed by atoms with E-state index in [1.54, 1.807) is 4.90 Å². The van der Waals surface area contributed by atoms with Gasteiger partial charge in [-0.25, -0.2) is 0 Å². The van der Waals surface area contributed by atoms with Crippen LogP contribution in [0.2, 0.25) is 0 Å². The van der Waals surface area contributed by atoms with Crippen LogP contribution < -0.4 is 16.0 Å². The Morgan fingerprint density at radius 3 is 1.95 bits per heavy atom. The van der Waals surface area contributed by atoms with Crippen LogP contribution in [0.15, 0.2) is 0 Å². The van der Waals surface area contributed by atoms with Gasteiger partial charge in [0.15, 0.2) is 0 Å². The molecule has 22 heavy (non-hydrogen) atoms. The number of nitrogens with one attached hydrogen (secondary N) is 3. The molecule has 0 heterocycles. The molecule has 0 aromatic rings. The Bertz CT molecular complexity index is 353. The minimum Gasteiger partial charge on any atom is -0.480 e. The highest BCUT2D eigenvalue weighted by atomic mass is 16.4. The molecule has 0 aromatic carbocycles. The Morgan fingerprint density at radius 1 is 0.864 bits per heavy atom. The lowest BCUT2D eigenvalue weighted by Gasteiger charge is -2.20. The van der Waals surface area contributed by atoms with E-state index in [9.17, 15) is 14.4 Å². The van der Waals surface area contributed by atoms with Crippen molar-refractivity contribution in [2.45, 2.75) is 0 Å². The minimum absolute atomic E-state index is 0.0815. The molecule has 0 aliphatic carbocycles. The van der Waals surface area contributed by atoms with Crippen LogP contribution in [0, 0.1) is 0 Å². The number of hydrogen-bond donors (Lipinski definition) is 6. The van der Waals surface area contributed by atoms with E-state index in [0.717, 1.165) is 0 Å². The molecule has 0 bridgehead atoms. The monoisotopic (exact) mass is 320 g/mol. The van der Waals surface area contributed by atoms with E-state index in [2.05, 4.69) is 16.0 Å². The quantitative estimate of drug-likeness (QED) is 0.181. The van der Waals surface area contributed by atoms with Crippen LogP contribution in [0.4, 0.5) is 0 Å². The molecule has 0 rings (SSSR count). The zero-order valence-corrected chi connectivity index (χ0v) is 12.4. The Balaban J connectivity index is 3.86. The summed E-state index contributed by atoms with van der Waals surface area (Å²) in [7, 11) is 0. The number of nitrogens with zero attached hydrogens (tertiary/aromatic N) is 1. The van der Waals surface area contributed by atoms with E-state index in [0.29, 0.717) is 26.2 Å². The number of amides is 1. The third-order valence-electron chi connectivity index (χ3n) is 2.56. The van der Waals surface area contributed by atoms with Crippen molar-refractivity contribution in [1.82, 2.24) is 20.9 Å². The van der Waals surface area contributed by atoms with E-state index in [-0.39, 0.29) is 38.7 Å². The maximum Gasteiger partial charge on any atom is 0.317 e. The fourth-order valence-corrected chi connectivity index (χ4v) is 1.59. The molecule has 0 radical (unpaired) electrons. The van der Waals surface area contributed by atoms with Crippen LogP contribution in [-0.4, -0.2) is 97.0 Å². The Labute approximate surface area is 128 Å². The highest BCUT2D eigenvalue weighted by Crippen LogP contribution is 1.86. The predicted molar refractivity (Wildman–Crippen MR) is 77.5 cm³/mol. The van der Waals surface area contributed by atoms with Gasteiger partial charge in [-0.15, -0.1) is 0 Å². The number of hydrogen-bond acceptors (Lipinski definition) is 7. The average molecular weight is 320 g/mol. The van der Waals surface area contributed by atoms with E-state index in [1.807, 2.05) is 0 Å². The summed E-state index contributed by atoms with van der Waals surface area (Å²) in [6.07, 6.45) is 0. The van der Waals surface area contributed by atoms with Gasteiger partial charge < -0.3 is 31.3 Å². The second kappa shape index (κ2) is 13.0. The summed E-state index contributed by atoms with van der Waals surface area (Å²) in [5.41, 5.74) is 0. The van der Waals surface area contributed by atoms with Gasteiger partial charge in [0, 0.05) is 32.7 Å². The van der Waals surface area contributed by atoms with E-state index < -0.39 is 11.9 Å². The van der Waals surface area contributed by atoms with E-state index in [1.165, 1.54) is 0 Å². The maximum atomic E-state index is 11.2. The summed E-state index contributed by atoms with van der Waals surface area (Å²) in [4.78, 5) is 34.0. The van der Waals surface area contributed by atoms with Crippen molar-refractivity contribution in [1.29, 1.82) is 0 Å². The zero-order chi connectivity index (χ0) is 16.8. The molecule has 0 unspecified atom stereocenters. The van der Waals surface area contributed by atoms with E-state index in [4.69, 9.17) is 15.3 Å². The molecular formula is C12H24N4O6. The van der Waals surface area contributed by atoms with Gasteiger partial charge in [-0.05, 0) is 0 Å². The van der Waals surface area contributed by atoms with Crippen LogP contribution in [-0.2, 0) is 14.4 Å². The molecule has 0 spiro atoms. The maximum absolute atomic E-state index is 11.2. The molecule has 0 saturated heterocycles. The van der Waals surface area contributed by atoms with Crippen molar-refractivity contribution in [3.8, 4) is 0 Å². The molecule has 0 aliphatic rings. The highest BCUT2D eigenvalue weighted by molar-refractivity contribution is 5.77. The van der Waals surface area contributed by atoms with Crippen molar-refractivity contribution >= 4 is 17.8 Å².